The second kappa shape index (κ2) is 10.1. The Morgan fingerprint density at radius 3 is 1.93 bits per heavy atom. The maximum atomic E-state index is 12.4. The van der Waals surface area contributed by atoms with Gasteiger partial charge < -0.3 is 10.6 Å². The van der Waals surface area contributed by atoms with Gasteiger partial charge in [0.25, 0.3) is 0 Å². The molecule has 0 saturated carbocycles. The third-order valence-corrected chi connectivity index (χ3v) is 5.64. The van der Waals surface area contributed by atoms with Crippen molar-refractivity contribution in [1.29, 1.82) is 0 Å². The fourth-order valence-corrected chi connectivity index (χ4v) is 4.26. The molecule has 0 atom stereocenters. The zero-order chi connectivity index (χ0) is 21.4. The average Bonchev–Trinajstić information content (AvgIpc) is 2.73. The Balaban J connectivity index is 1.63. The van der Waals surface area contributed by atoms with Gasteiger partial charge in [0.1, 0.15) is 0 Å². The van der Waals surface area contributed by atoms with Crippen molar-refractivity contribution in [1.82, 2.24) is 5.32 Å². The quantitative estimate of drug-likeness (QED) is 0.558. The number of rotatable bonds is 8. The summed E-state index contributed by atoms with van der Waals surface area (Å²) in [6, 6.07) is 27.0. The van der Waals surface area contributed by atoms with E-state index < -0.39 is 9.84 Å². The first-order valence-electron chi connectivity index (χ1n) is 9.83. The van der Waals surface area contributed by atoms with E-state index in [2.05, 4.69) is 34.9 Å². The monoisotopic (exact) mass is 422 g/mol. The Bertz CT molecular complexity index is 1030. The van der Waals surface area contributed by atoms with E-state index in [4.69, 9.17) is 0 Å². The van der Waals surface area contributed by atoms with E-state index >= 15 is 0 Å². The zero-order valence-electron chi connectivity index (χ0n) is 16.9. The predicted octanol–water partition coefficient (Wildman–Crippen LogP) is 4.57. The van der Waals surface area contributed by atoms with E-state index in [1.165, 1.54) is 17.4 Å². The number of anilines is 1. The van der Waals surface area contributed by atoms with Crippen LogP contribution in [0.5, 0.6) is 0 Å². The Morgan fingerprint density at radius 2 is 1.37 bits per heavy atom. The molecule has 3 aromatic rings. The summed E-state index contributed by atoms with van der Waals surface area (Å²) >= 11 is 0. The van der Waals surface area contributed by atoms with Gasteiger partial charge in [0.05, 0.1) is 5.75 Å². The molecule has 3 aromatic carbocycles. The van der Waals surface area contributed by atoms with Gasteiger partial charge in [0, 0.05) is 24.4 Å². The van der Waals surface area contributed by atoms with Crippen LogP contribution in [0.1, 0.15) is 29.0 Å². The van der Waals surface area contributed by atoms with Gasteiger partial charge in [0.15, 0.2) is 9.84 Å². The largest absolute Gasteiger partial charge is 0.338 e. The lowest BCUT2D eigenvalue weighted by Crippen LogP contribution is -2.30. The first-order valence-corrected chi connectivity index (χ1v) is 11.9. The maximum absolute atomic E-state index is 12.4. The van der Waals surface area contributed by atoms with E-state index in [-0.39, 0.29) is 17.7 Å². The maximum Gasteiger partial charge on any atom is 0.319 e. The van der Waals surface area contributed by atoms with Gasteiger partial charge in [-0.2, -0.15) is 0 Å². The zero-order valence-corrected chi connectivity index (χ0v) is 17.7. The van der Waals surface area contributed by atoms with Crippen molar-refractivity contribution in [2.75, 3.05) is 18.1 Å². The lowest BCUT2D eigenvalue weighted by Gasteiger charge is -2.19. The number of urea groups is 1. The van der Waals surface area contributed by atoms with E-state index in [1.54, 1.807) is 24.3 Å². The number of carbonyl (C=O) groups is 1. The van der Waals surface area contributed by atoms with Crippen LogP contribution in [0, 0.1) is 0 Å². The minimum atomic E-state index is -3.20. The molecule has 6 heteroatoms. The molecule has 2 N–H and O–H groups in total. The van der Waals surface area contributed by atoms with Gasteiger partial charge in [-0.3, -0.25) is 0 Å². The van der Waals surface area contributed by atoms with Crippen molar-refractivity contribution in [3.63, 3.8) is 0 Å². The lowest BCUT2D eigenvalue weighted by atomic mass is 9.88. The van der Waals surface area contributed by atoms with Gasteiger partial charge >= 0.3 is 6.03 Å². The van der Waals surface area contributed by atoms with Crippen molar-refractivity contribution < 1.29 is 13.2 Å². The molecule has 2 amide bonds. The Kier molecular flexibility index (Phi) is 7.25. The molecule has 5 nitrogen and oxygen atoms in total. The molecule has 0 aliphatic heterocycles. The van der Waals surface area contributed by atoms with Crippen LogP contribution in [0.4, 0.5) is 10.5 Å². The highest BCUT2D eigenvalue weighted by Gasteiger charge is 2.15. The number of benzene rings is 3. The Labute approximate surface area is 178 Å². The van der Waals surface area contributed by atoms with E-state index in [0.717, 1.165) is 6.42 Å². The molecule has 0 aromatic heterocycles. The third kappa shape index (κ3) is 6.46. The highest BCUT2D eigenvalue weighted by molar-refractivity contribution is 7.89. The van der Waals surface area contributed by atoms with Crippen molar-refractivity contribution in [3.8, 4) is 0 Å². The fourth-order valence-electron chi connectivity index (χ4n) is 3.44. The standard InChI is InChI=1S/C24H26N2O3S/c1-30(28,29)18-21-14-8-9-15-23(21)26-24(27)25-17-16-22(19-10-4-2-5-11-19)20-12-6-3-7-13-20/h2-15,22H,16-18H2,1H3,(H2,25,26,27). The molecule has 0 radical (unpaired) electrons. The van der Waals surface area contributed by atoms with E-state index in [0.29, 0.717) is 17.8 Å². The lowest BCUT2D eigenvalue weighted by molar-refractivity contribution is 0.252. The van der Waals surface area contributed by atoms with Crippen LogP contribution < -0.4 is 10.6 Å². The molecule has 0 aliphatic rings. The second-order valence-electron chi connectivity index (χ2n) is 7.27. The first-order chi connectivity index (χ1) is 14.4. The number of hydrogen-bond donors (Lipinski definition) is 2. The van der Waals surface area contributed by atoms with Crippen LogP contribution in [-0.2, 0) is 15.6 Å². The van der Waals surface area contributed by atoms with Crippen LogP contribution in [0.3, 0.4) is 0 Å². The smallest absolute Gasteiger partial charge is 0.319 e. The van der Waals surface area contributed by atoms with Crippen LogP contribution in [0.2, 0.25) is 0 Å². The molecule has 0 spiro atoms. The van der Waals surface area contributed by atoms with Crippen molar-refractivity contribution in [2.45, 2.75) is 18.1 Å². The summed E-state index contributed by atoms with van der Waals surface area (Å²) in [6.07, 6.45) is 1.92. The predicted molar refractivity (Wildman–Crippen MR) is 121 cm³/mol. The summed E-state index contributed by atoms with van der Waals surface area (Å²) in [6.45, 7) is 0.481. The average molecular weight is 423 g/mol. The summed E-state index contributed by atoms with van der Waals surface area (Å²) in [5.74, 6) is 0.0540. The number of nitrogens with one attached hydrogen (secondary N) is 2. The molecule has 0 fully saturated rings. The molecule has 156 valence electrons. The van der Waals surface area contributed by atoms with Crippen LogP contribution in [0.15, 0.2) is 84.9 Å². The van der Waals surface area contributed by atoms with Gasteiger partial charge in [0.2, 0.25) is 0 Å². The summed E-state index contributed by atoms with van der Waals surface area (Å²) < 4.78 is 23.3. The van der Waals surface area contributed by atoms with E-state index in [9.17, 15) is 13.2 Å². The number of hydrogen-bond acceptors (Lipinski definition) is 3. The molecule has 0 heterocycles. The summed E-state index contributed by atoms with van der Waals surface area (Å²) in [5.41, 5.74) is 3.47. The number of carbonyl (C=O) groups excluding carboxylic acids is 1. The number of amides is 2. The normalized spacial score (nSPS) is 11.3. The van der Waals surface area contributed by atoms with Crippen molar-refractivity contribution >= 4 is 21.6 Å². The SMILES string of the molecule is CS(=O)(=O)Cc1ccccc1NC(=O)NCCC(c1ccccc1)c1ccccc1. The fraction of sp³-hybridized carbons (Fsp3) is 0.208. The molecule has 0 saturated heterocycles. The highest BCUT2D eigenvalue weighted by atomic mass is 32.2. The molecule has 30 heavy (non-hydrogen) atoms. The van der Waals surface area contributed by atoms with Gasteiger partial charge in [-0.15, -0.1) is 0 Å². The van der Waals surface area contributed by atoms with Gasteiger partial charge in [-0.25, -0.2) is 13.2 Å². The van der Waals surface area contributed by atoms with Crippen molar-refractivity contribution in [2.24, 2.45) is 0 Å². The molecule has 0 aliphatic carbocycles. The van der Waals surface area contributed by atoms with Crippen LogP contribution in [-0.4, -0.2) is 27.2 Å². The topological polar surface area (TPSA) is 75.3 Å². The minimum absolute atomic E-state index is 0.118. The molecule has 0 bridgehead atoms. The van der Waals surface area contributed by atoms with Crippen molar-refractivity contribution in [3.05, 3.63) is 102 Å². The summed E-state index contributed by atoms with van der Waals surface area (Å²) in [7, 11) is -3.20. The summed E-state index contributed by atoms with van der Waals surface area (Å²) in [4.78, 5) is 12.4. The van der Waals surface area contributed by atoms with Gasteiger partial charge in [-0.1, -0.05) is 78.9 Å². The first kappa shape index (κ1) is 21.6. The minimum Gasteiger partial charge on any atom is -0.338 e. The number of sulfone groups is 1. The van der Waals surface area contributed by atoms with Crippen LogP contribution >= 0.6 is 0 Å². The van der Waals surface area contributed by atoms with Gasteiger partial charge in [-0.05, 0) is 29.2 Å². The molecule has 3 rings (SSSR count). The highest BCUT2D eigenvalue weighted by Crippen LogP contribution is 2.27. The second-order valence-corrected chi connectivity index (χ2v) is 9.41. The molecule has 0 unspecified atom stereocenters. The third-order valence-electron chi connectivity index (χ3n) is 4.81. The van der Waals surface area contributed by atoms with Crippen LogP contribution in [0.25, 0.3) is 0 Å². The number of para-hydroxylation sites is 1. The summed E-state index contributed by atoms with van der Waals surface area (Å²) in [5, 5.41) is 5.66. The Morgan fingerprint density at radius 1 is 0.833 bits per heavy atom. The Hall–Kier alpha value is -3.12. The molecular formula is C24H26N2O3S. The molecular weight excluding hydrogens is 396 g/mol. The van der Waals surface area contributed by atoms with E-state index in [1.807, 2.05) is 36.4 Å².